The molecule has 2 rings (SSSR count). The predicted octanol–water partition coefficient (Wildman–Crippen LogP) is 2.57. The molecule has 2 aromatic carbocycles. The number of anilines is 2. The Bertz CT molecular complexity index is 614. The topological polar surface area (TPSA) is 95.2 Å². The number of halogens is 1. The van der Waals surface area contributed by atoms with Crippen LogP contribution in [0.4, 0.5) is 21.5 Å². The summed E-state index contributed by atoms with van der Waals surface area (Å²) in [5, 5.41) is 11.0. The molecular formula is C12H10FN3O2. The van der Waals surface area contributed by atoms with Gasteiger partial charge in [-0.25, -0.2) is 4.39 Å². The second-order valence-electron chi connectivity index (χ2n) is 3.71. The fourth-order valence-electron chi connectivity index (χ4n) is 1.77. The average molecular weight is 247 g/mol. The van der Waals surface area contributed by atoms with Crippen molar-refractivity contribution in [2.45, 2.75) is 0 Å². The molecule has 0 aromatic heterocycles. The minimum Gasteiger partial charge on any atom is -0.398 e. The largest absolute Gasteiger partial charge is 0.398 e. The van der Waals surface area contributed by atoms with Crippen molar-refractivity contribution in [3.8, 4) is 11.1 Å². The van der Waals surface area contributed by atoms with Gasteiger partial charge < -0.3 is 11.5 Å². The van der Waals surface area contributed by atoms with Crippen molar-refractivity contribution >= 4 is 17.1 Å². The van der Waals surface area contributed by atoms with Crippen LogP contribution >= 0.6 is 0 Å². The highest BCUT2D eigenvalue weighted by Gasteiger charge is 2.25. The van der Waals surface area contributed by atoms with E-state index in [1.807, 2.05) is 0 Å². The first-order valence-electron chi connectivity index (χ1n) is 5.09. The number of benzene rings is 2. The van der Waals surface area contributed by atoms with Gasteiger partial charge in [0.05, 0.1) is 10.5 Å². The summed E-state index contributed by atoms with van der Waals surface area (Å²) >= 11 is 0. The molecule has 0 aliphatic carbocycles. The second kappa shape index (κ2) is 4.33. The molecule has 5 nitrogen and oxygen atoms in total. The minimum absolute atomic E-state index is 0.0143. The van der Waals surface area contributed by atoms with E-state index in [-0.39, 0.29) is 11.3 Å². The lowest BCUT2D eigenvalue weighted by Gasteiger charge is -2.09. The molecule has 0 bridgehead atoms. The van der Waals surface area contributed by atoms with E-state index >= 15 is 0 Å². The Balaban J connectivity index is 2.82. The first-order chi connectivity index (χ1) is 8.52. The van der Waals surface area contributed by atoms with E-state index in [0.29, 0.717) is 5.56 Å². The minimum atomic E-state index is -0.890. The zero-order valence-corrected chi connectivity index (χ0v) is 9.26. The van der Waals surface area contributed by atoms with Crippen molar-refractivity contribution in [1.29, 1.82) is 0 Å². The van der Waals surface area contributed by atoms with Crippen LogP contribution < -0.4 is 11.5 Å². The van der Waals surface area contributed by atoms with Gasteiger partial charge in [-0.2, -0.15) is 0 Å². The lowest BCUT2D eigenvalue weighted by atomic mass is 10.0. The van der Waals surface area contributed by atoms with Gasteiger partial charge in [-0.1, -0.05) is 30.3 Å². The van der Waals surface area contributed by atoms with Crippen LogP contribution in [-0.4, -0.2) is 4.92 Å². The van der Waals surface area contributed by atoms with E-state index in [1.54, 1.807) is 30.3 Å². The monoisotopic (exact) mass is 247 g/mol. The molecule has 2 aromatic rings. The molecule has 6 heteroatoms. The maximum Gasteiger partial charge on any atom is 0.304 e. The van der Waals surface area contributed by atoms with Crippen molar-refractivity contribution in [2.24, 2.45) is 0 Å². The first-order valence-corrected chi connectivity index (χ1v) is 5.09. The Morgan fingerprint density at radius 3 is 2.33 bits per heavy atom. The van der Waals surface area contributed by atoms with Gasteiger partial charge in [-0.15, -0.1) is 0 Å². The van der Waals surface area contributed by atoms with Crippen LogP contribution in [0.1, 0.15) is 0 Å². The van der Waals surface area contributed by atoms with Crippen LogP contribution in [0.5, 0.6) is 0 Å². The van der Waals surface area contributed by atoms with E-state index in [4.69, 9.17) is 11.5 Å². The van der Waals surface area contributed by atoms with Gasteiger partial charge in [0.25, 0.3) is 0 Å². The molecule has 0 saturated heterocycles. The number of hydrogen-bond donors (Lipinski definition) is 2. The SMILES string of the molecule is Nc1cc(F)c(N)c([N+](=O)[O-])c1-c1ccccc1. The van der Waals surface area contributed by atoms with Crippen LogP contribution in [0.25, 0.3) is 11.1 Å². The number of nitrogens with two attached hydrogens (primary N) is 2. The molecule has 4 N–H and O–H groups in total. The fourth-order valence-corrected chi connectivity index (χ4v) is 1.77. The van der Waals surface area contributed by atoms with Gasteiger partial charge in [0.2, 0.25) is 0 Å². The summed E-state index contributed by atoms with van der Waals surface area (Å²) < 4.78 is 13.4. The van der Waals surface area contributed by atoms with Crippen molar-refractivity contribution < 1.29 is 9.31 Å². The first kappa shape index (κ1) is 11.8. The Hall–Kier alpha value is -2.63. The van der Waals surface area contributed by atoms with Gasteiger partial charge in [-0.3, -0.25) is 10.1 Å². The molecule has 0 atom stereocenters. The van der Waals surface area contributed by atoms with Crippen LogP contribution in [0.15, 0.2) is 36.4 Å². The Labute approximate surface area is 102 Å². The number of hydrogen-bond acceptors (Lipinski definition) is 4. The van der Waals surface area contributed by atoms with Crippen LogP contribution in [-0.2, 0) is 0 Å². The highest BCUT2D eigenvalue weighted by molar-refractivity contribution is 5.90. The van der Waals surface area contributed by atoms with Crippen LogP contribution in [0.3, 0.4) is 0 Å². The maximum atomic E-state index is 13.4. The second-order valence-corrected chi connectivity index (χ2v) is 3.71. The average Bonchev–Trinajstić information content (AvgIpc) is 2.34. The third-order valence-corrected chi connectivity index (χ3v) is 2.57. The normalized spacial score (nSPS) is 10.3. The van der Waals surface area contributed by atoms with Crippen molar-refractivity contribution in [2.75, 3.05) is 11.5 Å². The molecule has 0 heterocycles. The number of nitrogen functional groups attached to an aromatic ring is 2. The van der Waals surface area contributed by atoms with Crippen LogP contribution in [0, 0.1) is 15.9 Å². The van der Waals surface area contributed by atoms with E-state index in [0.717, 1.165) is 6.07 Å². The summed E-state index contributed by atoms with van der Waals surface area (Å²) in [7, 11) is 0. The Kier molecular flexibility index (Phi) is 2.85. The van der Waals surface area contributed by atoms with E-state index in [1.165, 1.54) is 0 Å². The third kappa shape index (κ3) is 1.84. The zero-order valence-electron chi connectivity index (χ0n) is 9.26. The van der Waals surface area contributed by atoms with Gasteiger partial charge >= 0.3 is 5.69 Å². The maximum absolute atomic E-state index is 13.4. The van der Waals surface area contributed by atoms with Gasteiger partial charge in [0.1, 0.15) is 5.69 Å². The molecule has 0 amide bonds. The number of nitro benzene ring substituents is 1. The van der Waals surface area contributed by atoms with Gasteiger partial charge in [-0.05, 0) is 5.56 Å². The molecule has 0 radical (unpaired) electrons. The summed E-state index contributed by atoms with van der Waals surface area (Å²) in [5.74, 6) is -0.890. The van der Waals surface area contributed by atoms with Gasteiger partial charge in [0.15, 0.2) is 5.82 Å². The molecule has 0 aliphatic rings. The molecule has 0 aliphatic heterocycles. The summed E-state index contributed by atoms with van der Waals surface area (Å²) in [4.78, 5) is 10.3. The van der Waals surface area contributed by atoms with Crippen molar-refractivity contribution in [3.63, 3.8) is 0 Å². The highest BCUT2D eigenvalue weighted by atomic mass is 19.1. The standard InChI is InChI=1S/C12H10FN3O2/c13-8-6-9(14)10(7-4-2-1-3-5-7)12(11(8)15)16(17)18/h1-6H,14-15H2. The van der Waals surface area contributed by atoms with E-state index < -0.39 is 22.1 Å². The Morgan fingerprint density at radius 1 is 1.17 bits per heavy atom. The van der Waals surface area contributed by atoms with Crippen LogP contribution in [0.2, 0.25) is 0 Å². The summed E-state index contributed by atoms with van der Waals surface area (Å²) in [6.07, 6.45) is 0. The molecule has 92 valence electrons. The molecule has 0 spiro atoms. The van der Waals surface area contributed by atoms with E-state index in [2.05, 4.69) is 0 Å². The van der Waals surface area contributed by atoms with Crippen molar-refractivity contribution in [1.82, 2.24) is 0 Å². The number of nitrogens with zero attached hydrogens (tertiary/aromatic N) is 1. The highest BCUT2D eigenvalue weighted by Crippen LogP contribution is 2.40. The summed E-state index contributed by atoms with van der Waals surface area (Å²) in [5.41, 5.74) is 10.7. The predicted molar refractivity (Wildman–Crippen MR) is 67.3 cm³/mol. The van der Waals surface area contributed by atoms with Gasteiger partial charge in [0, 0.05) is 11.8 Å². The third-order valence-electron chi connectivity index (χ3n) is 2.57. The lowest BCUT2D eigenvalue weighted by Crippen LogP contribution is -2.04. The molecular weight excluding hydrogens is 237 g/mol. The fraction of sp³-hybridized carbons (Fsp3) is 0. The molecule has 0 unspecified atom stereocenters. The quantitative estimate of drug-likeness (QED) is 0.484. The summed E-state index contributed by atoms with van der Waals surface area (Å²) in [6.45, 7) is 0. The Morgan fingerprint density at radius 2 is 1.78 bits per heavy atom. The number of nitro groups is 1. The molecule has 0 fully saturated rings. The summed E-state index contributed by atoms with van der Waals surface area (Å²) in [6, 6.07) is 9.46. The number of rotatable bonds is 2. The lowest BCUT2D eigenvalue weighted by molar-refractivity contribution is -0.383. The smallest absolute Gasteiger partial charge is 0.304 e. The molecule has 18 heavy (non-hydrogen) atoms. The molecule has 0 saturated carbocycles. The van der Waals surface area contributed by atoms with E-state index in [9.17, 15) is 14.5 Å². The zero-order chi connectivity index (χ0) is 13.3. The van der Waals surface area contributed by atoms with Crippen molar-refractivity contribution in [3.05, 3.63) is 52.3 Å².